The van der Waals surface area contributed by atoms with Crippen molar-refractivity contribution in [1.29, 1.82) is 0 Å². The second-order valence-corrected chi connectivity index (χ2v) is 3.82. The number of rotatable bonds is 5. The molecule has 0 aliphatic heterocycles. The summed E-state index contributed by atoms with van der Waals surface area (Å²) in [6.07, 6.45) is -1.42. The summed E-state index contributed by atoms with van der Waals surface area (Å²) in [4.78, 5) is 22.1. The van der Waals surface area contributed by atoms with Crippen LogP contribution in [0.3, 0.4) is 0 Å². The van der Waals surface area contributed by atoms with E-state index in [4.69, 9.17) is 10.2 Å². The van der Waals surface area contributed by atoms with E-state index in [1.165, 1.54) is 11.3 Å². The molecule has 0 saturated carbocycles. The Morgan fingerprint density at radius 3 is 2.80 bits per heavy atom. The number of carbonyl (C=O) groups is 2. The predicted octanol–water partition coefficient (Wildman–Crippen LogP) is 0.313. The number of hydrogen-bond acceptors (Lipinski definition) is 4. The fourth-order valence-corrected chi connectivity index (χ4v) is 1.58. The third kappa shape index (κ3) is 3.69. The number of carbonyl (C=O) groups excluding carboxylic acids is 1. The molecule has 1 aromatic heterocycles. The van der Waals surface area contributed by atoms with Crippen molar-refractivity contribution >= 4 is 23.2 Å². The van der Waals surface area contributed by atoms with Gasteiger partial charge in [-0.2, -0.15) is 0 Å². The average Bonchev–Trinajstić information content (AvgIpc) is 2.70. The number of carboxylic acid groups (broad SMARTS) is 1. The van der Waals surface area contributed by atoms with Crippen LogP contribution in [0.4, 0.5) is 0 Å². The molecule has 5 nitrogen and oxygen atoms in total. The number of aliphatic carboxylic acids is 1. The van der Waals surface area contributed by atoms with Gasteiger partial charge >= 0.3 is 5.97 Å². The van der Waals surface area contributed by atoms with Gasteiger partial charge in [-0.05, 0) is 11.4 Å². The third-order valence-corrected chi connectivity index (χ3v) is 2.60. The summed E-state index contributed by atoms with van der Waals surface area (Å²) in [5.41, 5.74) is 0. The van der Waals surface area contributed by atoms with Crippen molar-refractivity contribution in [2.24, 2.45) is 0 Å². The van der Waals surface area contributed by atoms with E-state index in [1.807, 2.05) is 0 Å². The van der Waals surface area contributed by atoms with Gasteiger partial charge in [0.25, 0.3) is 5.91 Å². The van der Waals surface area contributed by atoms with Gasteiger partial charge < -0.3 is 15.5 Å². The van der Waals surface area contributed by atoms with Crippen molar-refractivity contribution in [2.75, 3.05) is 6.54 Å². The molecule has 3 N–H and O–H groups in total. The number of amides is 1. The molecule has 0 unspecified atom stereocenters. The first-order valence-electron chi connectivity index (χ1n) is 4.34. The zero-order valence-corrected chi connectivity index (χ0v) is 8.66. The van der Waals surface area contributed by atoms with Crippen LogP contribution in [0.25, 0.3) is 0 Å². The molecular weight excluding hydrogens is 218 g/mol. The molecule has 0 aliphatic rings. The van der Waals surface area contributed by atoms with Crippen molar-refractivity contribution in [3.05, 3.63) is 22.4 Å². The Morgan fingerprint density at radius 1 is 1.53 bits per heavy atom. The fraction of sp³-hybridized carbons (Fsp3) is 0.333. The third-order valence-electron chi connectivity index (χ3n) is 1.73. The quantitative estimate of drug-likeness (QED) is 0.678. The minimum absolute atomic E-state index is 0.00640. The highest BCUT2D eigenvalue weighted by molar-refractivity contribution is 7.12. The van der Waals surface area contributed by atoms with Gasteiger partial charge in [0.05, 0.1) is 4.88 Å². The Labute approximate surface area is 90.4 Å². The number of hydrogen-bond donors (Lipinski definition) is 3. The minimum atomic E-state index is -1.42. The van der Waals surface area contributed by atoms with E-state index in [0.717, 1.165) is 0 Å². The monoisotopic (exact) mass is 229 g/mol. The lowest BCUT2D eigenvalue weighted by Crippen LogP contribution is -2.29. The Morgan fingerprint density at radius 2 is 2.27 bits per heavy atom. The Bertz CT molecular complexity index is 336. The minimum Gasteiger partial charge on any atom is -0.479 e. The van der Waals surface area contributed by atoms with Crippen molar-refractivity contribution in [1.82, 2.24) is 5.32 Å². The summed E-state index contributed by atoms with van der Waals surface area (Å²) in [6, 6.07) is 3.43. The highest BCUT2D eigenvalue weighted by atomic mass is 32.1. The number of thiophene rings is 1. The van der Waals surface area contributed by atoms with Gasteiger partial charge in [0.2, 0.25) is 0 Å². The summed E-state index contributed by atoms with van der Waals surface area (Å²) < 4.78 is 0. The second-order valence-electron chi connectivity index (χ2n) is 2.88. The molecule has 82 valence electrons. The average molecular weight is 229 g/mol. The van der Waals surface area contributed by atoms with E-state index in [1.54, 1.807) is 17.5 Å². The predicted molar refractivity (Wildman–Crippen MR) is 54.9 cm³/mol. The standard InChI is InChI=1S/C9H11NO4S/c11-6(9(13)14)3-4-10-8(12)7-2-1-5-15-7/h1-2,5-6,11H,3-4H2,(H,10,12)(H,13,14)/t6-/m0/s1. The largest absolute Gasteiger partial charge is 0.479 e. The lowest BCUT2D eigenvalue weighted by molar-refractivity contribution is -0.146. The first-order chi connectivity index (χ1) is 7.11. The Hall–Kier alpha value is -1.40. The van der Waals surface area contributed by atoms with Crippen LogP contribution in [0.15, 0.2) is 17.5 Å². The SMILES string of the molecule is O=C(NCC[C@H](O)C(=O)O)c1cccs1. The zero-order valence-electron chi connectivity index (χ0n) is 7.84. The normalized spacial score (nSPS) is 12.1. The van der Waals surface area contributed by atoms with Gasteiger partial charge in [-0.3, -0.25) is 4.79 Å². The van der Waals surface area contributed by atoms with E-state index in [9.17, 15) is 9.59 Å². The number of carboxylic acids is 1. The van der Waals surface area contributed by atoms with Crippen LogP contribution >= 0.6 is 11.3 Å². The molecule has 1 aromatic rings. The molecule has 15 heavy (non-hydrogen) atoms. The highest BCUT2D eigenvalue weighted by Crippen LogP contribution is 2.07. The highest BCUT2D eigenvalue weighted by Gasteiger charge is 2.13. The van der Waals surface area contributed by atoms with Gasteiger partial charge in [-0.1, -0.05) is 6.07 Å². The molecule has 0 spiro atoms. The van der Waals surface area contributed by atoms with Crippen LogP contribution in [0.2, 0.25) is 0 Å². The fourth-order valence-electron chi connectivity index (χ4n) is 0.941. The molecule has 0 bridgehead atoms. The summed E-state index contributed by atoms with van der Waals surface area (Å²) in [5.74, 6) is -1.53. The molecule has 0 saturated heterocycles. The molecular formula is C9H11NO4S. The Kier molecular flexibility index (Phi) is 4.26. The van der Waals surface area contributed by atoms with Gasteiger partial charge in [0, 0.05) is 13.0 Å². The maximum Gasteiger partial charge on any atom is 0.332 e. The van der Waals surface area contributed by atoms with Gasteiger partial charge in [0.15, 0.2) is 6.10 Å². The molecule has 1 atom stereocenters. The van der Waals surface area contributed by atoms with Crippen molar-refractivity contribution < 1.29 is 19.8 Å². The first kappa shape index (κ1) is 11.7. The maximum atomic E-state index is 11.3. The maximum absolute atomic E-state index is 11.3. The van der Waals surface area contributed by atoms with Crippen LogP contribution in [-0.2, 0) is 4.79 Å². The smallest absolute Gasteiger partial charge is 0.332 e. The summed E-state index contributed by atoms with van der Waals surface area (Å²) in [7, 11) is 0. The Balaban J connectivity index is 2.27. The molecule has 6 heteroatoms. The zero-order chi connectivity index (χ0) is 11.3. The molecule has 1 rings (SSSR count). The van der Waals surface area contributed by atoms with E-state index in [-0.39, 0.29) is 18.9 Å². The number of aliphatic hydroxyl groups excluding tert-OH is 1. The molecule has 0 radical (unpaired) electrons. The first-order valence-corrected chi connectivity index (χ1v) is 5.22. The van der Waals surface area contributed by atoms with Crippen LogP contribution in [0, 0.1) is 0 Å². The number of aliphatic hydroxyl groups is 1. The number of nitrogens with one attached hydrogen (secondary N) is 1. The molecule has 1 heterocycles. The van der Waals surface area contributed by atoms with Crippen LogP contribution < -0.4 is 5.32 Å². The summed E-state index contributed by atoms with van der Waals surface area (Å²) >= 11 is 1.31. The lowest BCUT2D eigenvalue weighted by atomic mass is 10.2. The lowest BCUT2D eigenvalue weighted by Gasteiger charge is -2.05. The van der Waals surface area contributed by atoms with Gasteiger partial charge in [-0.15, -0.1) is 11.3 Å². The topological polar surface area (TPSA) is 86.6 Å². The van der Waals surface area contributed by atoms with E-state index >= 15 is 0 Å². The van der Waals surface area contributed by atoms with Crippen LogP contribution in [-0.4, -0.2) is 34.7 Å². The van der Waals surface area contributed by atoms with E-state index in [2.05, 4.69) is 5.32 Å². The molecule has 0 aromatic carbocycles. The van der Waals surface area contributed by atoms with Crippen molar-refractivity contribution in [3.63, 3.8) is 0 Å². The van der Waals surface area contributed by atoms with Gasteiger partial charge in [0.1, 0.15) is 0 Å². The van der Waals surface area contributed by atoms with E-state index < -0.39 is 12.1 Å². The van der Waals surface area contributed by atoms with Crippen molar-refractivity contribution in [2.45, 2.75) is 12.5 Å². The van der Waals surface area contributed by atoms with Crippen molar-refractivity contribution in [3.8, 4) is 0 Å². The molecule has 1 amide bonds. The van der Waals surface area contributed by atoms with Crippen LogP contribution in [0.1, 0.15) is 16.1 Å². The summed E-state index contributed by atoms with van der Waals surface area (Å²) in [6.45, 7) is 0.143. The molecule has 0 fully saturated rings. The molecule has 0 aliphatic carbocycles. The summed E-state index contributed by atoms with van der Waals surface area (Å²) in [5, 5.41) is 21.6. The van der Waals surface area contributed by atoms with Crippen LogP contribution in [0.5, 0.6) is 0 Å². The van der Waals surface area contributed by atoms with Gasteiger partial charge in [-0.25, -0.2) is 4.79 Å². The van der Waals surface area contributed by atoms with E-state index in [0.29, 0.717) is 4.88 Å². The second kappa shape index (κ2) is 5.47.